The number of carbonyl (C=O) groups excluding carboxylic acids is 1. The Morgan fingerprint density at radius 3 is 2.76 bits per heavy atom. The van der Waals surface area contributed by atoms with Crippen molar-refractivity contribution in [3.63, 3.8) is 0 Å². The van der Waals surface area contributed by atoms with E-state index in [-0.39, 0.29) is 17.4 Å². The average Bonchev–Trinajstić information content (AvgIpc) is 2.49. The largest absolute Gasteiger partial charge is 0.381 e. The summed E-state index contributed by atoms with van der Waals surface area (Å²) in [6.45, 7) is 2.27. The number of ketones is 1. The molecule has 4 rings (SSSR count). The number of fused-ring (bicyclic) bond motifs is 1. The van der Waals surface area contributed by atoms with E-state index in [2.05, 4.69) is 18.2 Å². The Hall–Kier alpha value is -1.19. The van der Waals surface area contributed by atoms with Crippen LogP contribution in [-0.2, 0) is 20.7 Å². The highest BCUT2D eigenvalue weighted by Gasteiger charge is 2.44. The van der Waals surface area contributed by atoms with Crippen molar-refractivity contribution in [1.29, 1.82) is 0 Å². The van der Waals surface area contributed by atoms with Crippen LogP contribution in [0, 0.1) is 5.92 Å². The number of benzene rings is 1. The minimum Gasteiger partial charge on any atom is -0.381 e. The fraction of sp³-hybridized carbons (Fsp3) is 0.611. The highest BCUT2D eigenvalue weighted by atomic mass is 16.5. The van der Waals surface area contributed by atoms with Crippen molar-refractivity contribution in [2.45, 2.75) is 43.6 Å². The fourth-order valence-electron chi connectivity index (χ4n) is 4.16. The van der Waals surface area contributed by atoms with E-state index in [9.17, 15) is 4.79 Å². The Kier molecular flexibility index (Phi) is 3.35. The zero-order valence-electron chi connectivity index (χ0n) is 12.3. The van der Waals surface area contributed by atoms with Crippen LogP contribution in [0.1, 0.15) is 42.7 Å². The first-order valence-electron chi connectivity index (χ1n) is 8.11. The van der Waals surface area contributed by atoms with Crippen LogP contribution in [0.15, 0.2) is 24.3 Å². The Bertz CT molecular complexity index is 540. The third-order valence-corrected chi connectivity index (χ3v) is 5.50. The van der Waals surface area contributed by atoms with E-state index < -0.39 is 0 Å². The number of ether oxygens (including phenoxy) is 2. The van der Waals surface area contributed by atoms with E-state index >= 15 is 0 Å². The molecule has 3 aliphatic rings. The van der Waals surface area contributed by atoms with E-state index in [1.807, 2.05) is 6.07 Å². The van der Waals surface area contributed by atoms with Gasteiger partial charge in [0.05, 0.1) is 5.60 Å². The summed E-state index contributed by atoms with van der Waals surface area (Å²) in [4.78, 5) is 12.9. The van der Waals surface area contributed by atoms with E-state index in [1.54, 1.807) is 0 Å². The molecule has 112 valence electrons. The molecule has 1 spiro atoms. The molecule has 2 heterocycles. The molecule has 1 aromatic rings. The predicted molar refractivity (Wildman–Crippen MR) is 79.4 cm³/mol. The van der Waals surface area contributed by atoms with Crippen molar-refractivity contribution in [2.75, 3.05) is 19.8 Å². The van der Waals surface area contributed by atoms with Crippen LogP contribution in [0.2, 0.25) is 0 Å². The highest BCUT2D eigenvalue weighted by Crippen LogP contribution is 2.43. The van der Waals surface area contributed by atoms with Crippen LogP contribution < -0.4 is 0 Å². The van der Waals surface area contributed by atoms with Crippen molar-refractivity contribution in [1.82, 2.24) is 0 Å². The van der Waals surface area contributed by atoms with Crippen molar-refractivity contribution >= 4 is 5.78 Å². The number of rotatable bonds is 2. The van der Waals surface area contributed by atoms with Gasteiger partial charge in [0, 0.05) is 31.7 Å². The summed E-state index contributed by atoms with van der Waals surface area (Å²) in [5, 5.41) is 0. The van der Waals surface area contributed by atoms with Gasteiger partial charge in [-0.1, -0.05) is 24.3 Å². The molecule has 2 aliphatic heterocycles. The lowest BCUT2D eigenvalue weighted by Crippen LogP contribution is -2.47. The molecule has 1 aromatic carbocycles. The minimum atomic E-state index is -0.0832. The van der Waals surface area contributed by atoms with Gasteiger partial charge < -0.3 is 9.47 Å². The van der Waals surface area contributed by atoms with Crippen LogP contribution in [0.25, 0.3) is 0 Å². The van der Waals surface area contributed by atoms with Gasteiger partial charge in [0.2, 0.25) is 0 Å². The quantitative estimate of drug-likeness (QED) is 0.838. The zero-order chi connectivity index (χ0) is 14.3. The molecule has 21 heavy (non-hydrogen) atoms. The molecule has 3 nitrogen and oxygen atoms in total. The molecule has 0 N–H and O–H groups in total. The molecular formula is C18H22O3. The molecule has 0 amide bonds. The molecule has 2 saturated heterocycles. The van der Waals surface area contributed by atoms with Crippen molar-refractivity contribution < 1.29 is 14.3 Å². The molecule has 2 fully saturated rings. The molecule has 0 radical (unpaired) electrons. The summed E-state index contributed by atoms with van der Waals surface area (Å²) in [7, 11) is 0. The molecule has 2 unspecified atom stereocenters. The Labute approximate surface area is 125 Å². The van der Waals surface area contributed by atoms with Crippen LogP contribution in [0.5, 0.6) is 0 Å². The first-order chi connectivity index (χ1) is 10.3. The number of hydrogen-bond donors (Lipinski definition) is 0. The third kappa shape index (κ3) is 2.33. The lowest BCUT2D eigenvalue weighted by molar-refractivity contribution is -0.158. The summed E-state index contributed by atoms with van der Waals surface area (Å²) in [6.07, 6.45) is 4.60. The second-order valence-corrected chi connectivity index (χ2v) is 6.69. The van der Waals surface area contributed by atoms with Crippen LogP contribution in [0.4, 0.5) is 0 Å². The summed E-state index contributed by atoms with van der Waals surface area (Å²) in [5.41, 5.74) is 2.53. The van der Waals surface area contributed by atoms with E-state index in [0.717, 1.165) is 51.9 Å². The molecule has 1 aliphatic carbocycles. The second-order valence-electron chi connectivity index (χ2n) is 6.69. The molecule has 3 heteroatoms. The van der Waals surface area contributed by atoms with Gasteiger partial charge in [-0.3, -0.25) is 4.79 Å². The van der Waals surface area contributed by atoms with Gasteiger partial charge in [0.25, 0.3) is 0 Å². The minimum absolute atomic E-state index is 0.0832. The summed E-state index contributed by atoms with van der Waals surface area (Å²) in [5.74, 6) is 0.763. The van der Waals surface area contributed by atoms with Gasteiger partial charge in [0.15, 0.2) is 0 Å². The first-order valence-corrected chi connectivity index (χ1v) is 8.11. The maximum absolute atomic E-state index is 12.9. The number of carbonyl (C=O) groups is 1. The molecular weight excluding hydrogens is 264 g/mol. The van der Waals surface area contributed by atoms with Crippen molar-refractivity contribution in [2.24, 2.45) is 5.92 Å². The van der Waals surface area contributed by atoms with Gasteiger partial charge in [-0.25, -0.2) is 0 Å². The van der Waals surface area contributed by atoms with Gasteiger partial charge in [-0.15, -0.1) is 0 Å². The molecule has 0 aromatic heterocycles. The molecule has 0 saturated carbocycles. The number of Topliss-reactive ketones (excluding diaryl/α,β-unsaturated/α-hetero) is 1. The van der Waals surface area contributed by atoms with Gasteiger partial charge in [-0.2, -0.15) is 0 Å². The van der Waals surface area contributed by atoms with Crippen LogP contribution in [-0.4, -0.2) is 31.2 Å². The number of hydrogen-bond acceptors (Lipinski definition) is 3. The van der Waals surface area contributed by atoms with Gasteiger partial charge in [-0.05, 0) is 43.2 Å². The second kappa shape index (κ2) is 5.22. The molecule has 0 bridgehead atoms. The predicted octanol–water partition coefficient (Wildman–Crippen LogP) is 2.87. The zero-order valence-corrected chi connectivity index (χ0v) is 12.3. The SMILES string of the molecule is O=C(C1CCOC2(CCOCC2)C1)C1Cc2ccccc21. The lowest BCUT2D eigenvalue weighted by atomic mass is 9.69. The van der Waals surface area contributed by atoms with E-state index in [4.69, 9.17) is 9.47 Å². The van der Waals surface area contributed by atoms with Gasteiger partial charge in [0.1, 0.15) is 5.78 Å². The third-order valence-electron chi connectivity index (χ3n) is 5.50. The summed E-state index contributed by atoms with van der Waals surface area (Å²) in [6, 6.07) is 8.36. The Balaban J connectivity index is 1.48. The Morgan fingerprint density at radius 2 is 1.95 bits per heavy atom. The van der Waals surface area contributed by atoms with Crippen LogP contribution in [0.3, 0.4) is 0 Å². The summed E-state index contributed by atoms with van der Waals surface area (Å²) < 4.78 is 11.5. The fourth-order valence-corrected chi connectivity index (χ4v) is 4.16. The molecule has 2 atom stereocenters. The standard InChI is InChI=1S/C18H22O3/c19-17(16-11-13-3-1-2-4-15(13)16)14-5-8-21-18(12-14)6-9-20-10-7-18/h1-4,14,16H,5-12H2. The maximum atomic E-state index is 12.9. The topological polar surface area (TPSA) is 35.5 Å². The maximum Gasteiger partial charge on any atom is 0.143 e. The Morgan fingerprint density at radius 1 is 1.14 bits per heavy atom. The normalized spacial score (nSPS) is 30.5. The lowest BCUT2D eigenvalue weighted by Gasteiger charge is -2.44. The van der Waals surface area contributed by atoms with Crippen molar-refractivity contribution in [3.8, 4) is 0 Å². The monoisotopic (exact) mass is 286 g/mol. The van der Waals surface area contributed by atoms with Gasteiger partial charge >= 0.3 is 0 Å². The van der Waals surface area contributed by atoms with E-state index in [1.165, 1.54) is 11.1 Å². The van der Waals surface area contributed by atoms with Crippen molar-refractivity contribution in [3.05, 3.63) is 35.4 Å². The smallest absolute Gasteiger partial charge is 0.143 e. The average molecular weight is 286 g/mol. The van der Waals surface area contributed by atoms with Crippen LogP contribution >= 0.6 is 0 Å². The summed E-state index contributed by atoms with van der Waals surface area (Å²) >= 11 is 0. The first kappa shape index (κ1) is 13.5. The van der Waals surface area contributed by atoms with E-state index in [0.29, 0.717) is 5.78 Å². The highest BCUT2D eigenvalue weighted by molar-refractivity contribution is 5.90.